The van der Waals surface area contributed by atoms with Crippen LogP contribution in [0.2, 0.25) is 0 Å². The molecule has 0 unspecified atom stereocenters. The molecule has 0 bridgehead atoms. The highest BCUT2D eigenvalue weighted by Gasteiger charge is 2.07. The maximum absolute atomic E-state index is 13.7. The van der Waals surface area contributed by atoms with Gasteiger partial charge in [0, 0.05) is 6.42 Å². The van der Waals surface area contributed by atoms with Crippen molar-refractivity contribution in [1.82, 2.24) is 0 Å². The highest BCUT2D eigenvalue weighted by atomic mass is 19.1. The maximum atomic E-state index is 13.7. The first-order valence-electron chi connectivity index (χ1n) is 6.31. The Morgan fingerprint density at radius 1 is 1.16 bits per heavy atom. The van der Waals surface area contributed by atoms with E-state index in [-0.39, 0.29) is 5.75 Å². The largest absolute Gasteiger partial charge is 0.490 e. The molecule has 2 rings (SSSR count). The van der Waals surface area contributed by atoms with Gasteiger partial charge in [-0.1, -0.05) is 36.4 Å². The number of ether oxygens (including phenoxy) is 1. The fraction of sp³-hybridized carbons (Fsp3) is 0.250. The lowest BCUT2D eigenvalue weighted by Gasteiger charge is -2.10. The van der Waals surface area contributed by atoms with Gasteiger partial charge in [0.1, 0.15) is 0 Å². The first-order chi connectivity index (χ1) is 9.16. The summed E-state index contributed by atoms with van der Waals surface area (Å²) < 4.78 is 19.1. The Bertz CT molecular complexity index is 524. The second-order valence-electron chi connectivity index (χ2n) is 4.45. The Morgan fingerprint density at radius 2 is 1.89 bits per heavy atom. The number of hydrogen-bond donors (Lipinski definition) is 1. The van der Waals surface area contributed by atoms with Crippen LogP contribution in [0.5, 0.6) is 5.75 Å². The molecule has 0 aromatic heterocycles. The topological polar surface area (TPSA) is 29.5 Å². The molecule has 0 fully saturated rings. The van der Waals surface area contributed by atoms with Crippen molar-refractivity contribution in [2.45, 2.75) is 19.4 Å². The van der Waals surface area contributed by atoms with Gasteiger partial charge in [-0.2, -0.15) is 0 Å². The Morgan fingerprint density at radius 3 is 2.53 bits per heavy atom. The van der Waals surface area contributed by atoms with E-state index in [0.29, 0.717) is 12.2 Å². The molecule has 3 heteroatoms. The van der Waals surface area contributed by atoms with E-state index in [1.165, 1.54) is 6.07 Å². The lowest BCUT2D eigenvalue weighted by Crippen LogP contribution is -2.03. The van der Waals surface area contributed by atoms with E-state index < -0.39 is 11.9 Å². The van der Waals surface area contributed by atoms with Crippen molar-refractivity contribution >= 4 is 0 Å². The van der Waals surface area contributed by atoms with E-state index in [2.05, 4.69) is 0 Å². The first kappa shape index (κ1) is 13.6. The molecule has 2 aromatic carbocycles. The minimum absolute atomic E-state index is 0.223. The summed E-state index contributed by atoms with van der Waals surface area (Å²) in [5.41, 5.74) is 1.71. The predicted molar refractivity (Wildman–Crippen MR) is 72.7 cm³/mol. The Labute approximate surface area is 112 Å². The summed E-state index contributed by atoms with van der Waals surface area (Å²) in [6.45, 7) is 2.03. The number of halogens is 1. The molecule has 0 aliphatic heterocycles. The smallest absolute Gasteiger partial charge is 0.165 e. The molecule has 0 aliphatic rings. The van der Waals surface area contributed by atoms with Gasteiger partial charge in [0.05, 0.1) is 12.7 Å². The second-order valence-corrected chi connectivity index (χ2v) is 4.45. The molecule has 0 radical (unpaired) electrons. The standard InChI is InChI=1S/C16H17FO2/c1-12(18)14-7-8-16(15(17)11-14)19-10-9-13-5-3-2-4-6-13/h2-8,11-12,18H,9-10H2,1H3/t12-/m1/s1. The molecule has 19 heavy (non-hydrogen) atoms. The van der Waals surface area contributed by atoms with Gasteiger partial charge in [-0.25, -0.2) is 4.39 Å². The van der Waals surface area contributed by atoms with Gasteiger partial charge in [-0.15, -0.1) is 0 Å². The van der Waals surface area contributed by atoms with Gasteiger partial charge < -0.3 is 9.84 Å². The molecule has 0 saturated carbocycles. The molecule has 2 nitrogen and oxygen atoms in total. The molecule has 1 atom stereocenters. The van der Waals surface area contributed by atoms with E-state index in [4.69, 9.17) is 4.74 Å². The van der Waals surface area contributed by atoms with Crippen molar-refractivity contribution in [3.05, 3.63) is 65.5 Å². The normalized spacial score (nSPS) is 12.2. The van der Waals surface area contributed by atoms with Gasteiger partial charge in [-0.05, 0) is 30.2 Å². The van der Waals surface area contributed by atoms with Gasteiger partial charge >= 0.3 is 0 Å². The third kappa shape index (κ3) is 3.80. The van der Waals surface area contributed by atoms with Crippen molar-refractivity contribution in [2.75, 3.05) is 6.61 Å². The summed E-state index contributed by atoms with van der Waals surface area (Å²) in [5, 5.41) is 9.36. The lowest BCUT2D eigenvalue weighted by molar-refractivity contribution is 0.198. The minimum Gasteiger partial charge on any atom is -0.490 e. The third-order valence-corrected chi connectivity index (χ3v) is 2.93. The lowest BCUT2D eigenvalue weighted by atomic mass is 10.1. The van der Waals surface area contributed by atoms with Crippen LogP contribution in [0.1, 0.15) is 24.2 Å². The Hall–Kier alpha value is -1.87. The summed E-state index contributed by atoms with van der Waals surface area (Å²) in [5.74, 6) is -0.216. The van der Waals surface area contributed by atoms with E-state index in [1.54, 1.807) is 19.1 Å². The van der Waals surface area contributed by atoms with Gasteiger partial charge in [0.15, 0.2) is 11.6 Å². The van der Waals surface area contributed by atoms with Crippen molar-refractivity contribution in [3.63, 3.8) is 0 Å². The number of rotatable bonds is 5. The van der Waals surface area contributed by atoms with E-state index in [9.17, 15) is 9.50 Å². The quantitative estimate of drug-likeness (QED) is 0.891. The van der Waals surface area contributed by atoms with Crippen LogP contribution in [-0.4, -0.2) is 11.7 Å². The molecule has 100 valence electrons. The van der Waals surface area contributed by atoms with Crippen LogP contribution in [0.15, 0.2) is 48.5 Å². The van der Waals surface area contributed by atoms with Gasteiger partial charge in [0.2, 0.25) is 0 Å². The van der Waals surface area contributed by atoms with Gasteiger partial charge in [0.25, 0.3) is 0 Å². The predicted octanol–water partition coefficient (Wildman–Crippen LogP) is 3.50. The van der Waals surface area contributed by atoms with Crippen molar-refractivity contribution in [3.8, 4) is 5.75 Å². The monoisotopic (exact) mass is 260 g/mol. The number of hydrogen-bond acceptors (Lipinski definition) is 2. The average molecular weight is 260 g/mol. The molecular formula is C16H17FO2. The van der Waals surface area contributed by atoms with Crippen LogP contribution in [0, 0.1) is 5.82 Å². The number of benzene rings is 2. The maximum Gasteiger partial charge on any atom is 0.165 e. The van der Waals surface area contributed by atoms with Crippen LogP contribution in [0.25, 0.3) is 0 Å². The summed E-state index contributed by atoms with van der Waals surface area (Å²) in [7, 11) is 0. The van der Waals surface area contributed by atoms with Crippen LogP contribution in [-0.2, 0) is 6.42 Å². The summed E-state index contributed by atoms with van der Waals surface area (Å²) in [4.78, 5) is 0. The molecule has 0 saturated heterocycles. The summed E-state index contributed by atoms with van der Waals surface area (Å²) in [6, 6.07) is 14.4. The summed E-state index contributed by atoms with van der Waals surface area (Å²) in [6.07, 6.45) is 0.0613. The van der Waals surface area contributed by atoms with E-state index in [1.807, 2.05) is 30.3 Å². The first-order valence-corrected chi connectivity index (χ1v) is 6.31. The minimum atomic E-state index is -0.673. The zero-order valence-electron chi connectivity index (χ0n) is 10.8. The van der Waals surface area contributed by atoms with Gasteiger partial charge in [-0.3, -0.25) is 0 Å². The third-order valence-electron chi connectivity index (χ3n) is 2.93. The SMILES string of the molecule is C[C@@H](O)c1ccc(OCCc2ccccc2)c(F)c1. The fourth-order valence-corrected chi connectivity index (χ4v) is 1.82. The van der Waals surface area contributed by atoms with Crippen LogP contribution < -0.4 is 4.74 Å². The fourth-order valence-electron chi connectivity index (χ4n) is 1.82. The molecule has 0 heterocycles. The number of aliphatic hydroxyl groups excluding tert-OH is 1. The van der Waals surface area contributed by atoms with E-state index >= 15 is 0 Å². The molecule has 1 N–H and O–H groups in total. The zero-order valence-corrected chi connectivity index (χ0v) is 10.8. The van der Waals surface area contributed by atoms with Crippen molar-refractivity contribution in [1.29, 1.82) is 0 Å². The average Bonchev–Trinajstić information content (AvgIpc) is 2.41. The number of aliphatic hydroxyl groups is 1. The molecule has 0 amide bonds. The van der Waals surface area contributed by atoms with Crippen molar-refractivity contribution < 1.29 is 14.2 Å². The van der Waals surface area contributed by atoms with Crippen LogP contribution in [0.4, 0.5) is 4.39 Å². The molecule has 0 spiro atoms. The van der Waals surface area contributed by atoms with Crippen molar-refractivity contribution in [2.24, 2.45) is 0 Å². The molecule has 0 aliphatic carbocycles. The van der Waals surface area contributed by atoms with Crippen LogP contribution in [0.3, 0.4) is 0 Å². The Balaban J connectivity index is 1.93. The van der Waals surface area contributed by atoms with Crippen LogP contribution >= 0.6 is 0 Å². The Kier molecular flexibility index (Phi) is 4.53. The highest BCUT2D eigenvalue weighted by Crippen LogP contribution is 2.22. The molecule has 2 aromatic rings. The summed E-state index contributed by atoms with van der Waals surface area (Å²) >= 11 is 0. The second kappa shape index (κ2) is 6.34. The van der Waals surface area contributed by atoms with E-state index in [0.717, 1.165) is 12.0 Å². The molecular weight excluding hydrogens is 243 g/mol. The zero-order chi connectivity index (χ0) is 13.7. The highest BCUT2D eigenvalue weighted by molar-refractivity contribution is 5.30.